The van der Waals surface area contributed by atoms with Gasteiger partial charge in [0.05, 0.1) is 0 Å². The number of halogens is 1. The summed E-state index contributed by atoms with van der Waals surface area (Å²) < 4.78 is 10.9. The van der Waals surface area contributed by atoms with Crippen LogP contribution in [-0.2, 0) is 4.94 Å². The van der Waals surface area contributed by atoms with Crippen LogP contribution in [0.2, 0.25) is 0 Å². The van der Waals surface area contributed by atoms with Crippen LogP contribution in [-0.4, -0.2) is 0 Å². The first-order valence-electron chi connectivity index (χ1n) is 3.51. The SMILES string of the molecule is CCCC/C=C/C=C/OF. The first kappa shape index (κ1) is 9.21. The quantitative estimate of drug-likeness (QED) is 0.327. The molecule has 0 spiro atoms. The maximum atomic E-state index is 10.9. The van der Waals surface area contributed by atoms with Gasteiger partial charge in [0.15, 0.2) is 0 Å². The highest BCUT2D eigenvalue weighted by Crippen LogP contribution is 1.94. The van der Waals surface area contributed by atoms with Gasteiger partial charge in [-0.05, 0) is 12.5 Å². The highest BCUT2D eigenvalue weighted by molar-refractivity contribution is 4.99. The zero-order chi connectivity index (χ0) is 7.66. The summed E-state index contributed by atoms with van der Waals surface area (Å²) in [6.07, 6.45) is 9.70. The van der Waals surface area contributed by atoms with Gasteiger partial charge in [-0.25, -0.2) is 0 Å². The lowest BCUT2D eigenvalue weighted by Gasteiger charge is -1.84. The van der Waals surface area contributed by atoms with Gasteiger partial charge >= 0.3 is 0 Å². The molecule has 2 heteroatoms. The van der Waals surface area contributed by atoms with Crippen molar-refractivity contribution in [2.24, 2.45) is 0 Å². The Labute approximate surface area is 61.1 Å². The van der Waals surface area contributed by atoms with Crippen LogP contribution in [0.1, 0.15) is 26.2 Å². The second-order valence-corrected chi connectivity index (χ2v) is 1.99. The van der Waals surface area contributed by atoms with E-state index in [4.69, 9.17) is 0 Å². The van der Waals surface area contributed by atoms with Gasteiger partial charge in [-0.1, -0.05) is 31.9 Å². The fourth-order valence-electron chi connectivity index (χ4n) is 0.572. The molecule has 0 bridgehead atoms. The molecule has 0 aliphatic rings. The molecule has 0 aromatic carbocycles. The fourth-order valence-corrected chi connectivity index (χ4v) is 0.572. The van der Waals surface area contributed by atoms with E-state index in [9.17, 15) is 4.53 Å². The third-order valence-electron chi connectivity index (χ3n) is 1.10. The normalized spacial score (nSPS) is 11.4. The Bertz CT molecular complexity index is 108. The summed E-state index contributed by atoms with van der Waals surface area (Å²) >= 11 is 0. The standard InChI is InChI=1S/C8H13FO/c1-2-3-4-5-6-7-8-10-9/h5-8H,2-4H2,1H3/b6-5+,8-7+. The van der Waals surface area contributed by atoms with Crippen LogP contribution in [0.4, 0.5) is 4.53 Å². The maximum Gasteiger partial charge on any atom is 0.136 e. The van der Waals surface area contributed by atoms with Gasteiger partial charge in [0.25, 0.3) is 0 Å². The monoisotopic (exact) mass is 144 g/mol. The van der Waals surface area contributed by atoms with Crippen LogP contribution in [0.3, 0.4) is 0 Å². The van der Waals surface area contributed by atoms with Gasteiger partial charge in [0.1, 0.15) is 6.26 Å². The number of unbranched alkanes of at least 4 members (excludes halogenated alkanes) is 2. The van der Waals surface area contributed by atoms with Gasteiger partial charge in [0.2, 0.25) is 0 Å². The topological polar surface area (TPSA) is 9.23 Å². The molecule has 10 heavy (non-hydrogen) atoms. The molecule has 0 saturated carbocycles. The molecule has 0 rings (SSSR count). The van der Waals surface area contributed by atoms with Crippen molar-refractivity contribution < 1.29 is 9.47 Å². The van der Waals surface area contributed by atoms with Crippen molar-refractivity contribution in [3.05, 3.63) is 24.5 Å². The molecule has 0 saturated heterocycles. The molecule has 0 amide bonds. The van der Waals surface area contributed by atoms with Crippen molar-refractivity contribution in [3.63, 3.8) is 0 Å². The number of allylic oxidation sites excluding steroid dienone is 3. The van der Waals surface area contributed by atoms with E-state index in [2.05, 4.69) is 11.9 Å². The van der Waals surface area contributed by atoms with E-state index in [0.717, 1.165) is 12.7 Å². The number of hydrogen-bond acceptors (Lipinski definition) is 1. The molecule has 58 valence electrons. The molecule has 0 N–H and O–H groups in total. The van der Waals surface area contributed by atoms with E-state index in [1.807, 2.05) is 6.08 Å². The lowest BCUT2D eigenvalue weighted by atomic mass is 10.2. The first-order chi connectivity index (χ1) is 4.91. The van der Waals surface area contributed by atoms with Gasteiger partial charge in [-0.3, -0.25) is 0 Å². The Morgan fingerprint density at radius 3 is 2.80 bits per heavy atom. The molecule has 0 aromatic heterocycles. The Morgan fingerprint density at radius 1 is 1.40 bits per heavy atom. The zero-order valence-corrected chi connectivity index (χ0v) is 6.22. The maximum absolute atomic E-state index is 10.9. The molecule has 0 radical (unpaired) electrons. The van der Waals surface area contributed by atoms with E-state index < -0.39 is 0 Å². The third kappa shape index (κ3) is 7.21. The van der Waals surface area contributed by atoms with Crippen molar-refractivity contribution in [2.45, 2.75) is 26.2 Å². The van der Waals surface area contributed by atoms with Gasteiger partial charge in [-0.2, -0.15) is 0 Å². The van der Waals surface area contributed by atoms with Crippen LogP contribution < -0.4 is 0 Å². The lowest BCUT2D eigenvalue weighted by Crippen LogP contribution is -1.65. The summed E-state index contributed by atoms with van der Waals surface area (Å²) in [6, 6.07) is 0. The summed E-state index contributed by atoms with van der Waals surface area (Å²) in [7, 11) is 0. The van der Waals surface area contributed by atoms with E-state index in [0.29, 0.717) is 0 Å². The second-order valence-electron chi connectivity index (χ2n) is 1.99. The van der Waals surface area contributed by atoms with Gasteiger partial charge < -0.3 is 4.94 Å². The van der Waals surface area contributed by atoms with Crippen molar-refractivity contribution in [2.75, 3.05) is 0 Å². The average molecular weight is 144 g/mol. The smallest absolute Gasteiger partial charge is 0.136 e. The second kappa shape index (κ2) is 8.21. The van der Waals surface area contributed by atoms with Crippen LogP contribution in [0.15, 0.2) is 24.5 Å². The summed E-state index contributed by atoms with van der Waals surface area (Å²) in [5.74, 6) is 0. The summed E-state index contributed by atoms with van der Waals surface area (Å²) in [6.45, 7) is 2.13. The molecular weight excluding hydrogens is 131 g/mol. The first-order valence-corrected chi connectivity index (χ1v) is 3.51. The predicted molar refractivity (Wildman–Crippen MR) is 40.0 cm³/mol. The molecule has 0 heterocycles. The largest absolute Gasteiger partial charge is 0.302 e. The van der Waals surface area contributed by atoms with Gasteiger partial charge in [-0.15, -0.1) is 0 Å². The minimum atomic E-state index is 1.00. The van der Waals surface area contributed by atoms with Crippen molar-refractivity contribution in [1.82, 2.24) is 0 Å². The number of rotatable bonds is 5. The van der Waals surface area contributed by atoms with Crippen molar-refractivity contribution in [3.8, 4) is 0 Å². The minimum absolute atomic E-state index is 1.00. The van der Waals surface area contributed by atoms with Crippen LogP contribution >= 0.6 is 0 Å². The van der Waals surface area contributed by atoms with E-state index in [-0.39, 0.29) is 0 Å². The molecule has 1 nitrogen and oxygen atoms in total. The average Bonchev–Trinajstić information content (AvgIpc) is 1.97. The molecule has 0 fully saturated rings. The molecular formula is C8H13FO. The Kier molecular flexibility index (Phi) is 7.56. The van der Waals surface area contributed by atoms with Crippen LogP contribution in [0.5, 0.6) is 0 Å². The Balaban J connectivity index is 3.11. The van der Waals surface area contributed by atoms with Gasteiger partial charge in [0, 0.05) is 4.53 Å². The Hall–Kier alpha value is -0.790. The van der Waals surface area contributed by atoms with Crippen LogP contribution in [0.25, 0.3) is 0 Å². The minimum Gasteiger partial charge on any atom is -0.302 e. The highest BCUT2D eigenvalue weighted by Gasteiger charge is 1.75. The number of hydrogen-bond donors (Lipinski definition) is 0. The fraction of sp³-hybridized carbons (Fsp3) is 0.500. The highest BCUT2D eigenvalue weighted by atomic mass is 19.3. The summed E-state index contributed by atoms with van der Waals surface area (Å²) in [4.78, 5) is 3.22. The summed E-state index contributed by atoms with van der Waals surface area (Å²) in [5, 5.41) is 0. The molecule has 0 atom stereocenters. The Morgan fingerprint density at radius 2 is 2.20 bits per heavy atom. The molecule has 0 aliphatic heterocycles. The van der Waals surface area contributed by atoms with Crippen molar-refractivity contribution >= 4 is 0 Å². The molecule has 0 aromatic rings. The summed E-state index contributed by atoms with van der Waals surface area (Å²) in [5.41, 5.74) is 0. The third-order valence-corrected chi connectivity index (χ3v) is 1.10. The molecule has 0 unspecified atom stereocenters. The van der Waals surface area contributed by atoms with Crippen molar-refractivity contribution in [1.29, 1.82) is 0 Å². The van der Waals surface area contributed by atoms with E-state index in [1.54, 1.807) is 6.08 Å². The lowest BCUT2D eigenvalue weighted by molar-refractivity contribution is -0.0616. The molecule has 0 aliphatic carbocycles. The van der Waals surface area contributed by atoms with E-state index >= 15 is 0 Å². The predicted octanol–water partition coefficient (Wildman–Crippen LogP) is 3.15. The van der Waals surface area contributed by atoms with Crippen LogP contribution in [0, 0.1) is 0 Å². The zero-order valence-electron chi connectivity index (χ0n) is 6.22. The van der Waals surface area contributed by atoms with E-state index in [1.165, 1.54) is 18.9 Å².